The van der Waals surface area contributed by atoms with Gasteiger partial charge < -0.3 is 4.74 Å². The van der Waals surface area contributed by atoms with Crippen LogP contribution in [0.4, 0.5) is 0 Å². The molecular weight excluding hydrogens is 406 g/mol. The molecule has 4 aromatic heterocycles. The summed E-state index contributed by atoms with van der Waals surface area (Å²) >= 11 is 3.14. The molecule has 0 radical (unpaired) electrons. The van der Waals surface area contributed by atoms with Crippen LogP contribution in [0.5, 0.6) is 0 Å². The molecule has 4 heterocycles. The van der Waals surface area contributed by atoms with E-state index in [1.54, 1.807) is 28.3 Å². The second kappa shape index (κ2) is 8.26. The second-order valence-corrected chi connectivity index (χ2v) is 8.65. The van der Waals surface area contributed by atoms with E-state index in [2.05, 4.69) is 4.98 Å². The molecule has 0 aromatic carbocycles. The van der Waals surface area contributed by atoms with Crippen LogP contribution in [0, 0.1) is 6.92 Å². The number of hydrogen-bond acceptors (Lipinski definition) is 7. The molecule has 0 bridgehead atoms. The average molecular weight is 426 g/mol. The number of methoxy groups -OCH3 is 1. The molecule has 6 nitrogen and oxygen atoms in total. The highest BCUT2D eigenvalue weighted by Crippen LogP contribution is 2.38. The van der Waals surface area contributed by atoms with Gasteiger partial charge in [-0.2, -0.15) is 0 Å². The van der Waals surface area contributed by atoms with Crippen molar-refractivity contribution in [3.63, 3.8) is 0 Å². The summed E-state index contributed by atoms with van der Waals surface area (Å²) in [5.41, 5.74) is 1.70. The Bertz CT molecular complexity index is 1210. The lowest BCUT2D eigenvalue weighted by molar-refractivity contribution is -0.140. The molecule has 0 amide bonds. The zero-order valence-corrected chi connectivity index (χ0v) is 17.7. The van der Waals surface area contributed by atoms with Crippen molar-refractivity contribution in [1.29, 1.82) is 0 Å². The zero-order valence-electron chi connectivity index (χ0n) is 16.0. The molecule has 0 spiro atoms. The topological polar surface area (TPSA) is 74.1 Å². The van der Waals surface area contributed by atoms with Crippen molar-refractivity contribution >= 4 is 38.9 Å². The van der Waals surface area contributed by atoms with Crippen LogP contribution in [0.25, 0.3) is 32.0 Å². The minimum Gasteiger partial charge on any atom is -0.469 e. The van der Waals surface area contributed by atoms with Crippen LogP contribution in [0.1, 0.15) is 17.7 Å². The predicted octanol–water partition coefficient (Wildman–Crippen LogP) is 4.51. The normalized spacial score (nSPS) is 11.1. The number of pyridine rings is 1. The van der Waals surface area contributed by atoms with Crippen molar-refractivity contribution < 1.29 is 9.53 Å². The lowest BCUT2D eigenvalue weighted by Gasteiger charge is -2.12. The average Bonchev–Trinajstić information content (AvgIpc) is 3.37. The summed E-state index contributed by atoms with van der Waals surface area (Å²) in [6, 6.07) is 7.68. The molecule has 8 heteroatoms. The molecule has 148 valence electrons. The summed E-state index contributed by atoms with van der Waals surface area (Å²) in [7, 11) is 1.37. The van der Waals surface area contributed by atoms with Gasteiger partial charge in [0, 0.05) is 46.2 Å². The molecule has 0 N–H and O–H groups in total. The third-order valence-electron chi connectivity index (χ3n) is 4.68. The third-order valence-corrected chi connectivity index (χ3v) is 6.57. The largest absolute Gasteiger partial charge is 0.469 e. The molecule has 0 fully saturated rings. The van der Waals surface area contributed by atoms with E-state index in [4.69, 9.17) is 9.72 Å². The Kier molecular flexibility index (Phi) is 5.55. The van der Waals surface area contributed by atoms with Gasteiger partial charge in [0.15, 0.2) is 0 Å². The van der Waals surface area contributed by atoms with Crippen molar-refractivity contribution in [2.75, 3.05) is 7.11 Å². The predicted molar refractivity (Wildman–Crippen MR) is 116 cm³/mol. The van der Waals surface area contributed by atoms with E-state index in [9.17, 15) is 9.59 Å². The van der Waals surface area contributed by atoms with Crippen molar-refractivity contribution in [2.45, 2.75) is 26.3 Å². The van der Waals surface area contributed by atoms with Crippen molar-refractivity contribution in [1.82, 2.24) is 14.5 Å². The first-order valence-corrected chi connectivity index (χ1v) is 10.8. The number of aryl methyl sites for hydroxylation is 1. The number of nitrogens with zero attached hydrogens (tertiary/aromatic N) is 3. The quantitative estimate of drug-likeness (QED) is 0.425. The fraction of sp³-hybridized carbons (Fsp3) is 0.238. The maximum Gasteiger partial charge on any atom is 0.305 e. The van der Waals surface area contributed by atoms with Gasteiger partial charge >= 0.3 is 5.97 Å². The van der Waals surface area contributed by atoms with Gasteiger partial charge in [-0.15, -0.1) is 22.7 Å². The standard InChI is InChI=1S/C21H19N3O3S2/c1-13-17(15-5-4-12-28-15)18-20(29-13)23-19(14-7-9-22-10-8-14)24(21(18)26)11-3-6-16(25)27-2/h4-5,7-10,12H,3,6,11H2,1-2H3. The Morgan fingerprint density at radius 3 is 2.72 bits per heavy atom. The van der Waals surface area contributed by atoms with Gasteiger partial charge in [0.1, 0.15) is 10.7 Å². The Morgan fingerprint density at radius 2 is 2.03 bits per heavy atom. The maximum absolute atomic E-state index is 13.6. The molecule has 0 unspecified atom stereocenters. The van der Waals surface area contributed by atoms with E-state index in [1.165, 1.54) is 18.4 Å². The zero-order chi connectivity index (χ0) is 20.4. The molecule has 4 rings (SSSR count). The fourth-order valence-electron chi connectivity index (χ4n) is 3.32. The summed E-state index contributed by atoms with van der Waals surface area (Å²) in [6.45, 7) is 2.40. The summed E-state index contributed by atoms with van der Waals surface area (Å²) in [5, 5.41) is 2.65. The third kappa shape index (κ3) is 3.73. The first kappa shape index (κ1) is 19.5. The van der Waals surface area contributed by atoms with Crippen LogP contribution < -0.4 is 5.56 Å². The number of fused-ring (bicyclic) bond motifs is 1. The number of thiophene rings is 2. The summed E-state index contributed by atoms with van der Waals surface area (Å²) in [5.74, 6) is 0.303. The minimum atomic E-state index is -0.289. The molecule has 0 aliphatic heterocycles. The lowest BCUT2D eigenvalue weighted by Crippen LogP contribution is -2.24. The van der Waals surface area contributed by atoms with Gasteiger partial charge in [0.2, 0.25) is 0 Å². The summed E-state index contributed by atoms with van der Waals surface area (Å²) in [4.78, 5) is 36.9. The summed E-state index contributed by atoms with van der Waals surface area (Å²) in [6.07, 6.45) is 4.11. The van der Waals surface area contributed by atoms with Gasteiger partial charge in [0.05, 0.1) is 12.5 Å². The van der Waals surface area contributed by atoms with E-state index >= 15 is 0 Å². The molecule has 0 saturated heterocycles. The Balaban J connectivity index is 1.91. The number of rotatable bonds is 6. The Labute approximate surface area is 175 Å². The van der Waals surface area contributed by atoms with Gasteiger partial charge in [-0.25, -0.2) is 4.98 Å². The molecule has 4 aromatic rings. The highest BCUT2D eigenvalue weighted by Gasteiger charge is 2.21. The SMILES string of the molecule is COC(=O)CCCn1c(-c2ccncc2)nc2sc(C)c(-c3cccs3)c2c1=O. The Morgan fingerprint density at radius 1 is 1.24 bits per heavy atom. The number of aromatic nitrogens is 3. The smallest absolute Gasteiger partial charge is 0.305 e. The van der Waals surface area contributed by atoms with E-state index in [1.807, 2.05) is 36.6 Å². The first-order chi connectivity index (χ1) is 14.1. The summed E-state index contributed by atoms with van der Waals surface area (Å²) < 4.78 is 6.40. The van der Waals surface area contributed by atoms with Gasteiger partial charge in [-0.3, -0.25) is 19.1 Å². The highest BCUT2D eigenvalue weighted by atomic mass is 32.1. The number of esters is 1. The molecule has 0 aliphatic carbocycles. The lowest BCUT2D eigenvalue weighted by atomic mass is 10.1. The van der Waals surface area contributed by atoms with E-state index < -0.39 is 0 Å². The van der Waals surface area contributed by atoms with Crippen LogP contribution in [-0.2, 0) is 16.1 Å². The van der Waals surface area contributed by atoms with Gasteiger partial charge in [-0.1, -0.05) is 6.07 Å². The Hall–Kier alpha value is -2.84. The maximum atomic E-state index is 13.6. The first-order valence-electron chi connectivity index (χ1n) is 9.15. The van der Waals surface area contributed by atoms with Crippen LogP contribution >= 0.6 is 22.7 Å². The minimum absolute atomic E-state index is 0.0839. The van der Waals surface area contributed by atoms with Gasteiger partial charge in [-0.05, 0) is 36.9 Å². The van der Waals surface area contributed by atoms with Crippen LogP contribution in [-0.4, -0.2) is 27.6 Å². The molecule has 29 heavy (non-hydrogen) atoms. The molecule has 0 aliphatic rings. The van der Waals surface area contributed by atoms with Crippen molar-refractivity contribution in [3.05, 3.63) is 57.3 Å². The molecule has 0 saturated carbocycles. The number of carbonyl (C=O) groups is 1. The van der Waals surface area contributed by atoms with E-state index in [-0.39, 0.29) is 17.9 Å². The van der Waals surface area contributed by atoms with Crippen LogP contribution in [0.2, 0.25) is 0 Å². The molecular formula is C21H19N3O3S2. The van der Waals surface area contributed by atoms with E-state index in [0.717, 1.165) is 25.7 Å². The van der Waals surface area contributed by atoms with Crippen molar-refractivity contribution in [3.8, 4) is 21.8 Å². The van der Waals surface area contributed by atoms with Crippen LogP contribution in [0.3, 0.4) is 0 Å². The number of ether oxygens (including phenoxy) is 1. The number of hydrogen-bond donors (Lipinski definition) is 0. The fourth-order valence-corrected chi connectivity index (χ4v) is 5.25. The number of carbonyl (C=O) groups excluding carboxylic acids is 1. The van der Waals surface area contributed by atoms with Crippen molar-refractivity contribution in [2.24, 2.45) is 0 Å². The van der Waals surface area contributed by atoms with Gasteiger partial charge in [0.25, 0.3) is 5.56 Å². The monoisotopic (exact) mass is 425 g/mol. The molecule has 0 atom stereocenters. The van der Waals surface area contributed by atoms with Crippen LogP contribution in [0.15, 0.2) is 46.8 Å². The second-order valence-electron chi connectivity index (χ2n) is 6.50. The highest BCUT2D eigenvalue weighted by molar-refractivity contribution is 7.20. The van der Waals surface area contributed by atoms with E-state index in [0.29, 0.717) is 24.2 Å².